The molecule has 0 heterocycles. The van der Waals surface area contributed by atoms with Crippen LogP contribution < -0.4 is 10.2 Å². The Balaban J connectivity index is 1.26. The number of fused-ring (bicyclic) bond motifs is 1. The van der Waals surface area contributed by atoms with Crippen molar-refractivity contribution in [3.05, 3.63) is 200 Å². The fourth-order valence-corrected chi connectivity index (χ4v) is 6.52. The number of anilines is 5. The molecule has 0 bridgehead atoms. The van der Waals surface area contributed by atoms with Gasteiger partial charge in [-0.3, -0.25) is 0 Å². The highest BCUT2D eigenvalue weighted by Gasteiger charge is 2.18. The van der Waals surface area contributed by atoms with Gasteiger partial charge >= 0.3 is 0 Å². The summed E-state index contributed by atoms with van der Waals surface area (Å²) in [7, 11) is 0. The molecule has 0 aliphatic rings. The van der Waals surface area contributed by atoms with E-state index in [4.69, 9.17) is 0 Å². The first-order valence-corrected chi connectivity index (χ1v) is 16.4. The lowest BCUT2D eigenvalue weighted by Crippen LogP contribution is -2.10. The zero-order chi connectivity index (χ0) is 32.1. The summed E-state index contributed by atoms with van der Waals surface area (Å²) in [6.45, 7) is 0. The van der Waals surface area contributed by atoms with Gasteiger partial charge in [-0.2, -0.15) is 0 Å². The summed E-state index contributed by atoms with van der Waals surface area (Å²) in [6.07, 6.45) is 0. The lowest BCUT2D eigenvalue weighted by atomic mass is 9.95. The second-order valence-electron chi connectivity index (χ2n) is 11.9. The largest absolute Gasteiger partial charge is 0.355 e. The Morgan fingerprint density at radius 1 is 0.312 bits per heavy atom. The maximum absolute atomic E-state index is 3.65. The molecule has 0 atom stereocenters. The third-order valence-electron chi connectivity index (χ3n) is 8.88. The molecule has 0 aliphatic carbocycles. The normalized spacial score (nSPS) is 10.9. The highest BCUT2D eigenvalue weighted by molar-refractivity contribution is 6.07. The summed E-state index contributed by atoms with van der Waals surface area (Å²) in [4.78, 5) is 2.38. The van der Waals surface area contributed by atoms with Gasteiger partial charge < -0.3 is 10.2 Å². The number of benzene rings is 8. The van der Waals surface area contributed by atoms with E-state index in [-0.39, 0.29) is 0 Å². The quantitative estimate of drug-likeness (QED) is 0.183. The van der Waals surface area contributed by atoms with Crippen LogP contribution in [-0.4, -0.2) is 0 Å². The molecule has 0 saturated carbocycles. The summed E-state index contributed by atoms with van der Waals surface area (Å²) in [5.74, 6) is 0. The van der Waals surface area contributed by atoms with Gasteiger partial charge in [0.1, 0.15) is 0 Å². The molecule has 8 aromatic carbocycles. The third-order valence-corrected chi connectivity index (χ3v) is 8.88. The van der Waals surface area contributed by atoms with Crippen molar-refractivity contribution < 1.29 is 0 Å². The molecule has 0 aliphatic heterocycles. The van der Waals surface area contributed by atoms with Crippen LogP contribution >= 0.6 is 0 Å². The van der Waals surface area contributed by atoms with Crippen LogP contribution in [0.2, 0.25) is 0 Å². The van der Waals surface area contributed by atoms with Crippen molar-refractivity contribution in [3.63, 3.8) is 0 Å². The van der Waals surface area contributed by atoms with Gasteiger partial charge in [0.15, 0.2) is 0 Å². The minimum Gasteiger partial charge on any atom is -0.355 e. The molecule has 0 spiro atoms. The first-order valence-electron chi connectivity index (χ1n) is 16.4. The molecule has 0 radical (unpaired) electrons. The maximum Gasteiger partial charge on any atom is 0.0540 e. The second kappa shape index (κ2) is 13.2. The molecule has 8 aromatic rings. The predicted octanol–water partition coefficient (Wildman–Crippen LogP) is 13.1. The summed E-state index contributed by atoms with van der Waals surface area (Å²) >= 11 is 0. The number of para-hydroxylation sites is 2. The van der Waals surface area contributed by atoms with E-state index < -0.39 is 0 Å². The van der Waals surface area contributed by atoms with Crippen molar-refractivity contribution in [1.29, 1.82) is 0 Å². The highest BCUT2D eigenvalue weighted by Crippen LogP contribution is 2.43. The minimum atomic E-state index is 1.06. The van der Waals surface area contributed by atoms with E-state index in [0.717, 1.165) is 34.0 Å². The zero-order valence-corrected chi connectivity index (χ0v) is 26.5. The van der Waals surface area contributed by atoms with Gasteiger partial charge in [0, 0.05) is 33.7 Å². The van der Waals surface area contributed by atoms with Gasteiger partial charge in [0.25, 0.3) is 0 Å². The molecular weight excluding hydrogens is 581 g/mol. The molecule has 2 heteroatoms. The molecule has 8 rings (SSSR count). The maximum atomic E-state index is 3.65. The average molecular weight is 615 g/mol. The Labute approximate surface area is 282 Å². The average Bonchev–Trinajstić information content (AvgIpc) is 3.17. The molecule has 1 N–H and O–H groups in total. The Morgan fingerprint density at radius 2 is 0.771 bits per heavy atom. The van der Waals surface area contributed by atoms with Gasteiger partial charge in [0.05, 0.1) is 5.69 Å². The van der Waals surface area contributed by atoms with E-state index in [9.17, 15) is 0 Å². The van der Waals surface area contributed by atoms with Crippen LogP contribution in [0.3, 0.4) is 0 Å². The van der Waals surface area contributed by atoms with Crippen molar-refractivity contribution in [2.45, 2.75) is 0 Å². The van der Waals surface area contributed by atoms with Crippen molar-refractivity contribution in [2.24, 2.45) is 0 Å². The minimum absolute atomic E-state index is 1.06. The number of nitrogens with zero attached hydrogens (tertiary/aromatic N) is 1. The van der Waals surface area contributed by atoms with Crippen molar-refractivity contribution in [2.75, 3.05) is 10.2 Å². The number of hydrogen-bond donors (Lipinski definition) is 1. The van der Waals surface area contributed by atoms with Crippen molar-refractivity contribution in [1.82, 2.24) is 0 Å². The topological polar surface area (TPSA) is 15.3 Å². The zero-order valence-electron chi connectivity index (χ0n) is 26.5. The standard InChI is InChI=1S/C46H34N2/c1-4-14-34(15-5-1)36-26-30-39(31-27-36)48(40-32-28-37(29-33-40)35-16-6-2-7-17-35)46-25-13-22-42-41(21-12-23-44(42)46)43-20-10-11-24-45(43)47-38-18-8-3-9-19-38/h1-33,47H. The first kappa shape index (κ1) is 29.1. The lowest BCUT2D eigenvalue weighted by Gasteiger charge is -2.28. The van der Waals surface area contributed by atoms with Crippen LogP contribution in [0.25, 0.3) is 44.2 Å². The van der Waals surface area contributed by atoms with Crippen LogP contribution in [0.15, 0.2) is 200 Å². The molecular formula is C46H34N2. The number of nitrogens with one attached hydrogen (secondary N) is 1. The molecule has 0 fully saturated rings. The van der Waals surface area contributed by atoms with Crippen molar-refractivity contribution in [3.8, 4) is 33.4 Å². The molecule has 0 unspecified atom stereocenters. The number of rotatable bonds is 8. The van der Waals surface area contributed by atoms with E-state index in [1.165, 1.54) is 38.6 Å². The molecule has 48 heavy (non-hydrogen) atoms. The molecule has 0 aromatic heterocycles. The molecule has 228 valence electrons. The van der Waals surface area contributed by atoms with E-state index in [1.54, 1.807) is 0 Å². The van der Waals surface area contributed by atoms with Crippen molar-refractivity contribution >= 4 is 39.2 Å². The van der Waals surface area contributed by atoms with E-state index in [2.05, 4.69) is 204 Å². The van der Waals surface area contributed by atoms with Crippen LogP contribution in [0.1, 0.15) is 0 Å². The van der Waals surface area contributed by atoms with Gasteiger partial charge in [-0.05, 0) is 81.7 Å². The second-order valence-corrected chi connectivity index (χ2v) is 11.9. The Bertz CT molecular complexity index is 2190. The van der Waals surface area contributed by atoms with Crippen LogP contribution in [-0.2, 0) is 0 Å². The first-order chi connectivity index (χ1) is 23.8. The molecule has 0 amide bonds. The van der Waals surface area contributed by atoms with Gasteiger partial charge in [-0.15, -0.1) is 0 Å². The SMILES string of the molecule is c1ccc(Nc2ccccc2-c2cccc3c(N(c4ccc(-c5ccccc5)cc4)c4ccc(-c5ccccc5)cc4)cccc23)cc1. The van der Waals surface area contributed by atoms with Crippen LogP contribution in [0, 0.1) is 0 Å². The number of hydrogen-bond acceptors (Lipinski definition) is 2. The molecule has 0 saturated heterocycles. The monoisotopic (exact) mass is 614 g/mol. The van der Waals surface area contributed by atoms with Gasteiger partial charge in [0.2, 0.25) is 0 Å². The summed E-state index contributed by atoms with van der Waals surface area (Å²) < 4.78 is 0. The van der Waals surface area contributed by atoms with Crippen LogP contribution in [0.4, 0.5) is 28.4 Å². The Morgan fingerprint density at radius 3 is 1.38 bits per heavy atom. The summed E-state index contributed by atoms with van der Waals surface area (Å²) in [5, 5.41) is 6.03. The highest BCUT2D eigenvalue weighted by atomic mass is 15.1. The lowest BCUT2D eigenvalue weighted by molar-refractivity contribution is 1.30. The van der Waals surface area contributed by atoms with Gasteiger partial charge in [-0.1, -0.05) is 152 Å². The summed E-state index contributed by atoms with van der Waals surface area (Å²) in [6, 6.07) is 71.1. The summed E-state index contributed by atoms with van der Waals surface area (Å²) in [5.41, 5.74) is 12.6. The smallest absolute Gasteiger partial charge is 0.0540 e. The third kappa shape index (κ3) is 5.84. The van der Waals surface area contributed by atoms with Crippen LogP contribution in [0.5, 0.6) is 0 Å². The van der Waals surface area contributed by atoms with E-state index in [0.29, 0.717) is 0 Å². The Hall–Kier alpha value is -6.38. The van der Waals surface area contributed by atoms with E-state index >= 15 is 0 Å². The predicted molar refractivity (Wildman–Crippen MR) is 205 cm³/mol. The Kier molecular flexibility index (Phi) is 7.96. The fraction of sp³-hybridized carbons (Fsp3) is 0. The molecule has 2 nitrogen and oxygen atoms in total. The van der Waals surface area contributed by atoms with Gasteiger partial charge in [-0.25, -0.2) is 0 Å². The van der Waals surface area contributed by atoms with E-state index in [1.807, 2.05) is 6.07 Å². The fourth-order valence-electron chi connectivity index (χ4n) is 6.52.